The van der Waals surface area contributed by atoms with Crippen LogP contribution in [0.4, 0.5) is 4.39 Å². The van der Waals surface area contributed by atoms with Crippen molar-refractivity contribution in [3.8, 4) is 11.8 Å². The van der Waals surface area contributed by atoms with Crippen molar-refractivity contribution in [1.82, 2.24) is 0 Å². The van der Waals surface area contributed by atoms with Crippen LogP contribution in [0.15, 0.2) is 42.5 Å². The van der Waals surface area contributed by atoms with Crippen molar-refractivity contribution in [2.45, 2.75) is 116 Å². The Kier molecular flexibility index (Phi) is 11.7. The molecule has 0 amide bonds. The van der Waals surface area contributed by atoms with Gasteiger partial charge in [0.05, 0.1) is 0 Å². The Balaban J connectivity index is 1.43. The van der Waals surface area contributed by atoms with Crippen molar-refractivity contribution < 1.29 is 4.39 Å². The van der Waals surface area contributed by atoms with Gasteiger partial charge in [0.15, 0.2) is 0 Å². The number of aryl methyl sites for hydroxylation is 2. The third-order valence-corrected chi connectivity index (χ3v) is 7.52. The smallest absolute Gasteiger partial charge is 0.127 e. The van der Waals surface area contributed by atoms with E-state index in [2.05, 4.69) is 50.0 Å². The van der Waals surface area contributed by atoms with E-state index in [1.807, 2.05) is 12.1 Å². The molecule has 34 heavy (non-hydrogen) atoms. The summed E-state index contributed by atoms with van der Waals surface area (Å²) < 4.78 is 14.4. The fourth-order valence-electron chi connectivity index (χ4n) is 5.22. The van der Waals surface area contributed by atoms with Gasteiger partial charge in [0.1, 0.15) is 5.82 Å². The first-order valence-corrected chi connectivity index (χ1v) is 14.1. The van der Waals surface area contributed by atoms with E-state index in [0.29, 0.717) is 11.8 Å². The molecule has 2 aromatic rings. The lowest BCUT2D eigenvalue weighted by Crippen LogP contribution is -2.12. The molecule has 1 aliphatic rings. The second kappa shape index (κ2) is 15.0. The quantitative estimate of drug-likeness (QED) is 0.218. The average Bonchev–Trinajstić information content (AvgIpc) is 2.87. The minimum absolute atomic E-state index is 0.0867. The van der Waals surface area contributed by atoms with Crippen molar-refractivity contribution in [2.24, 2.45) is 5.92 Å². The van der Waals surface area contributed by atoms with Gasteiger partial charge in [-0.25, -0.2) is 4.39 Å². The highest BCUT2D eigenvalue weighted by atomic mass is 19.1. The summed E-state index contributed by atoms with van der Waals surface area (Å²) in [7, 11) is 0. The summed E-state index contributed by atoms with van der Waals surface area (Å²) in [6.45, 7) is 4.48. The molecule has 0 aromatic heterocycles. The highest BCUT2D eigenvalue weighted by molar-refractivity contribution is 5.37. The Morgan fingerprint density at radius 2 is 1.38 bits per heavy atom. The van der Waals surface area contributed by atoms with Crippen LogP contribution in [0.3, 0.4) is 0 Å². The molecule has 0 bridgehead atoms. The first kappa shape index (κ1) is 26.5. The van der Waals surface area contributed by atoms with Crippen LogP contribution in [-0.4, -0.2) is 0 Å². The van der Waals surface area contributed by atoms with Gasteiger partial charge in [0, 0.05) is 11.5 Å². The van der Waals surface area contributed by atoms with Crippen LogP contribution in [0.5, 0.6) is 0 Å². The van der Waals surface area contributed by atoms with Gasteiger partial charge in [0.2, 0.25) is 0 Å². The summed E-state index contributed by atoms with van der Waals surface area (Å²) in [4.78, 5) is 0. The van der Waals surface area contributed by atoms with Crippen molar-refractivity contribution in [1.29, 1.82) is 0 Å². The first-order chi connectivity index (χ1) is 16.7. The fraction of sp³-hybridized carbons (Fsp3) is 0.576. The Bertz CT molecular complexity index is 890. The van der Waals surface area contributed by atoms with Gasteiger partial charge in [-0.3, -0.25) is 0 Å². The van der Waals surface area contributed by atoms with Crippen LogP contribution in [-0.2, 0) is 12.8 Å². The Hall–Kier alpha value is -2.07. The molecule has 1 saturated carbocycles. The topological polar surface area (TPSA) is 0 Å². The minimum Gasteiger partial charge on any atom is -0.207 e. The number of hydrogen-bond donors (Lipinski definition) is 0. The van der Waals surface area contributed by atoms with Gasteiger partial charge in [0.25, 0.3) is 0 Å². The Labute approximate surface area is 208 Å². The van der Waals surface area contributed by atoms with Crippen LogP contribution < -0.4 is 0 Å². The van der Waals surface area contributed by atoms with Crippen LogP contribution >= 0.6 is 0 Å². The van der Waals surface area contributed by atoms with E-state index in [9.17, 15) is 4.39 Å². The number of rotatable bonds is 12. The van der Waals surface area contributed by atoms with E-state index in [1.54, 1.807) is 6.07 Å². The summed E-state index contributed by atoms with van der Waals surface area (Å²) >= 11 is 0. The highest BCUT2D eigenvalue weighted by Gasteiger charge is 2.21. The highest BCUT2D eigenvalue weighted by Crippen LogP contribution is 2.35. The normalized spacial score (nSPS) is 17.9. The van der Waals surface area contributed by atoms with Crippen molar-refractivity contribution in [3.63, 3.8) is 0 Å². The molecule has 3 rings (SSSR count). The maximum absolute atomic E-state index is 14.4. The lowest BCUT2D eigenvalue weighted by Gasteiger charge is -2.26. The van der Waals surface area contributed by atoms with Gasteiger partial charge in [-0.1, -0.05) is 101 Å². The largest absolute Gasteiger partial charge is 0.207 e. The summed E-state index contributed by atoms with van der Waals surface area (Å²) in [5.41, 5.74) is 4.64. The van der Waals surface area contributed by atoms with E-state index in [-0.39, 0.29) is 5.82 Å². The molecule has 0 atom stereocenters. The predicted molar refractivity (Wildman–Crippen MR) is 145 cm³/mol. The van der Waals surface area contributed by atoms with E-state index >= 15 is 0 Å². The molecule has 2 aromatic carbocycles. The van der Waals surface area contributed by atoms with E-state index < -0.39 is 0 Å². The molecule has 1 heteroatoms. The Morgan fingerprint density at radius 1 is 0.735 bits per heavy atom. The molecule has 184 valence electrons. The zero-order valence-electron chi connectivity index (χ0n) is 21.7. The molecule has 0 N–H and O–H groups in total. The summed E-state index contributed by atoms with van der Waals surface area (Å²) in [5.74, 6) is 7.73. The lowest BCUT2D eigenvalue weighted by atomic mass is 9.78. The second-order valence-corrected chi connectivity index (χ2v) is 10.3. The van der Waals surface area contributed by atoms with Crippen LogP contribution in [0, 0.1) is 23.6 Å². The monoisotopic (exact) mass is 460 g/mol. The fourth-order valence-corrected chi connectivity index (χ4v) is 5.22. The van der Waals surface area contributed by atoms with Gasteiger partial charge in [-0.05, 0) is 86.1 Å². The van der Waals surface area contributed by atoms with Gasteiger partial charge in [-0.2, -0.15) is 0 Å². The molecule has 1 fully saturated rings. The maximum atomic E-state index is 14.4. The van der Waals surface area contributed by atoms with E-state index in [4.69, 9.17) is 0 Å². The summed E-state index contributed by atoms with van der Waals surface area (Å²) in [5, 5.41) is 0. The molecule has 0 spiro atoms. The number of halogens is 1. The van der Waals surface area contributed by atoms with Gasteiger partial charge >= 0.3 is 0 Å². The van der Waals surface area contributed by atoms with E-state index in [1.165, 1.54) is 81.8 Å². The van der Waals surface area contributed by atoms with Gasteiger partial charge < -0.3 is 0 Å². The summed E-state index contributed by atoms with van der Waals surface area (Å²) in [6.07, 6.45) is 18.2. The van der Waals surface area contributed by atoms with Crippen molar-refractivity contribution >= 4 is 0 Å². The second-order valence-electron chi connectivity index (χ2n) is 10.3. The first-order valence-electron chi connectivity index (χ1n) is 14.1. The molecular weight excluding hydrogens is 415 g/mol. The standard InChI is InChI=1S/C33H45F/c1-3-5-7-9-10-12-27-16-21-30(22-17-27)31-23-18-28(19-24-31)14-15-29-20-25-32(33(34)26-29)13-11-8-6-4-2/h16-17,20-22,25-26,28,31H,3-13,18-19,23-24H2,1-2H3. The van der Waals surface area contributed by atoms with Crippen LogP contribution in [0.2, 0.25) is 0 Å². The third kappa shape index (κ3) is 8.94. The van der Waals surface area contributed by atoms with Crippen LogP contribution in [0.1, 0.15) is 125 Å². The molecule has 0 heterocycles. The SMILES string of the molecule is CCCCCCCc1ccc(C2CCC(C#Cc3ccc(CCCCCC)c(F)c3)CC2)cc1. The molecule has 0 saturated heterocycles. The number of benzene rings is 2. The molecule has 0 unspecified atom stereocenters. The number of unbranched alkanes of at least 4 members (excludes halogenated alkanes) is 7. The zero-order valence-corrected chi connectivity index (χ0v) is 21.7. The molecule has 0 radical (unpaired) electrons. The third-order valence-electron chi connectivity index (χ3n) is 7.52. The molecule has 1 aliphatic carbocycles. The number of hydrogen-bond acceptors (Lipinski definition) is 0. The average molecular weight is 461 g/mol. The molecule has 0 nitrogen and oxygen atoms in total. The Morgan fingerprint density at radius 3 is 2.06 bits per heavy atom. The van der Waals surface area contributed by atoms with Crippen LogP contribution in [0.25, 0.3) is 0 Å². The summed E-state index contributed by atoms with van der Waals surface area (Å²) in [6, 6.07) is 15.0. The van der Waals surface area contributed by atoms with Crippen molar-refractivity contribution in [2.75, 3.05) is 0 Å². The molecule has 0 aliphatic heterocycles. The van der Waals surface area contributed by atoms with E-state index in [0.717, 1.165) is 36.8 Å². The zero-order chi connectivity index (χ0) is 24.0. The van der Waals surface area contributed by atoms with Gasteiger partial charge in [-0.15, -0.1) is 0 Å². The predicted octanol–water partition coefficient (Wildman–Crippen LogP) is 9.79. The van der Waals surface area contributed by atoms with Crippen molar-refractivity contribution in [3.05, 3.63) is 70.5 Å². The maximum Gasteiger partial charge on any atom is 0.127 e. The minimum atomic E-state index is -0.0867. The molecular formula is C33H45F. The lowest BCUT2D eigenvalue weighted by molar-refractivity contribution is 0.384.